The maximum atomic E-state index is 9.00. The van der Waals surface area contributed by atoms with Crippen molar-refractivity contribution in [3.63, 3.8) is 0 Å². The van der Waals surface area contributed by atoms with Crippen LogP contribution in [0.3, 0.4) is 0 Å². The van der Waals surface area contributed by atoms with E-state index in [0.29, 0.717) is 0 Å². The van der Waals surface area contributed by atoms with Crippen LogP contribution in [0.5, 0.6) is 0 Å². The van der Waals surface area contributed by atoms with Gasteiger partial charge in [-0.15, -0.1) is 0 Å². The van der Waals surface area contributed by atoms with Crippen molar-refractivity contribution in [2.45, 2.75) is 6.92 Å². The molecule has 0 aliphatic heterocycles. The average molecular weight is 192 g/mol. The second-order valence-electron chi connectivity index (χ2n) is 0.519. The minimum Gasteiger partial charge on any atom is -1.00 e. The molecule has 7 nitrogen and oxygen atoms in total. The summed E-state index contributed by atoms with van der Waals surface area (Å²) >= 11 is 0. The van der Waals surface area contributed by atoms with Crippen LogP contribution in [0.4, 0.5) is 0 Å². The quantitative estimate of drug-likeness (QED) is 0.380. The predicted octanol–water partition coefficient (Wildman–Crippen LogP) is -4.19. The van der Waals surface area contributed by atoms with Gasteiger partial charge in [-0.1, -0.05) is 0 Å². The van der Waals surface area contributed by atoms with Crippen LogP contribution < -0.4 is 0 Å². The molecular formula is C2H16CaO7. The Morgan fingerprint density at radius 2 is 1.10 bits per heavy atom. The molecule has 8 heteroatoms. The first-order valence-electron chi connectivity index (χ1n) is 0.928. The fourth-order valence-corrected chi connectivity index (χ4v) is 0. The summed E-state index contributed by atoms with van der Waals surface area (Å²) in [5.74, 6) is -0.833. The third kappa shape index (κ3) is 1720. The molecule has 0 spiro atoms. The van der Waals surface area contributed by atoms with E-state index in [1.165, 1.54) is 0 Å². The summed E-state index contributed by atoms with van der Waals surface area (Å²) in [6.07, 6.45) is 0. The average Bonchev–Trinajstić information content (AvgIpc) is 0.811. The van der Waals surface area contributed by atoms with Crippen LogP contribution in [0.25, 0.3) is 0 Å². The first-order valence-corrected chi connectivity index (χ1v) is 0.928. The zero-order valence-electron chi connectivity index (χ0n) is 7.56. The largest absolute Gasteiger partial charge is 2.00 e. The molecule has 0 aliphatic carbocycles. The van der Waals surface area contributed by atoms with Crippen molar-refractivity contribution in [2.75, 3.05) is 0 Å². The molecule has 11 N–H and O–H groups in total. The van der Waals surface area contributed by atoms with Gasteiger partial charge in [-0.3, -0.25) is 4.79 Å². The minimum atomic E-state index is -0.833. The molecule has 0 fully saturated rings. The Morgan fingerprint density at radius 3 is 1.10 bits per heavy atom. The van der Waals surface area contributed by atoms with E-state index < -0.39 is 5.97 Å². The van der Waals surface area contributed by atoms with Gasteiger partial charge in [0.05, 0.1) is 0 Å². The normalized spacial score (nSPS) is 2.50. The number of hydrogen-bond acceptors (Lipinski definition) is 1. The zero-order chi connectivity index (χ0) is 3.58. The van der Waals surface area contributed by atoms with Crippen LogP contribution in [0.1, 0.15) is 9.78 Å². The Hall–Kier alpha value is 0.530. The standard InChI is InChI=1S/C2H4O2.Ca.5H2O.2H/c1-2(3)4;;;;;;;;/h1H3,(H,3,4);;5*1H2;;/q;+2;;;;;;2*-1. The Bertz CT molecular complexity index is 42.4. The number of carbonyl (C=O) groups is 1. The second-order valence-corrected chi connectivity index (χ2v) is 0.519. The molecule has 68 valence electrons. The van der Waals surface area contributed by atoms with Crippen molar-refractivity contribution < 1.29 is 40.1 Å². The summed E-state index contributed by atoms with van der Waals surface area (Å²) < 4.78 is 0. The van der Waals surface area contributed by atoms with Crippen molar-refractivity contribution in [2.24, 2.45) is 0 Å². The van der Waals surface area contributed by atoms with Gasteiger partial charge in [-0.25, -0.2) is 0 Å². The number of carboxylic acids is 1. The van der Waals surface area contributed by atoms with Crippen LogP contribution >= 0.6 is 0 Å². The number of aliphatic carboxylic acids is 1. The molecule has 0 radical (unpaired) electrons. The van der Waals surface area contributed by atoms with E-state index in [0.717, 1.165) is 6.92 Å². The predicted molar refractivity (Wildman–Crippen MR) is 39.4 cm³/mol. The summed E-state index contributed by atoms with van der Waals surface area (Å²) in [6.45, 7) is 1.08. The Balaban J connectivity index is -0.00000000161. The van der Waals surface area contributed by atoms with Gasteiger partial charge < -0.3 is 35.3 Å². The topological polar surface area (TPSA) is 195 Å². The van der Waals surface area contributed by atoms with Gasteiger partial charge in [0.2, 0.25) is 0 Å². The van der Waals surface area contributed by atoms with Gasteiger partial charge in [0.25, 0.3) is 5.97 Å². The Kier molecular flexibility index (Phi) is 427. The monoisotopic (exact) mass is 192 g/mol. The maximum Gasteiger partial charge on any atom is 2.00 e. The summed E-state index contributed by atoms with van der Waals surface area (Å²) in [5, 5.41) is 7.42. The Labute approximate surface area is 90.5 Å². The zero-order valence-corrected chi connectivity index (χ0v) is 7.77. The molecule has 0 aromatic rings. The van der Waals surface area contributed by atoms with Crippen LogP contribution in [0.15, 0.2) is 0 Å². The molecular weight excluding hydrogens is 176 g/mol. The number of hydrogen-bond donors (Lipinski definition) is 1. The SMILES string of the molecule is CC(=O)O.O.O.O.O.O.[Ca+2].[H-].[H-]. The van der Waals surface area contributed by atoms with E-state index in [1.54, 1.807) is 0 Å². The van der Waals surface area contributed by atoms with Crippen LogP contribution in [0.2, 0.25) is 0 Å². The maximum absolute atomic E-state index is 9.00. The van der Waals surface area contributed by atoms with E-state index in [1.807, 2.05) is 0 Å². The second kappa shape index (κ2) is 55.7. The molecule has 0 aromatic carbocycles. The fraction of sp³-hybridized carbons (Fsp3) is 0.500. The molecule has 0 bridgehead atoms. The van der Waals surface area contributed by atoms with Crippen molar-refractivity contribution in [1.82, 2.24) is 0 Å². The Morgan fingerprint density at radius 1 is 1.10 bits per heavy atom. The minimum absolute atomic E-state index is 0. The molecule has 0 rings (SSSR count). The molecule has 0 unspecified atom stereocenters. The third-order valence-corrected chi connectivity index (χ3v) is 0. The molecule has 0 heterocycles. The van der Waals surface area contributed by atoms with Gasteiger partial charge in [0, 0.05) is 6.92 Å². The van der Waals surface area contributed by atoms with Gasteiger partial charge in [-0.2, -0.15) is 0 Å². The summed E-state index contributed by atoms with van der Waals surface area (Å²) in [7, 11) is 0. The molecule has 0 saturated carbocycles. The van der Waals surface area contributed by atoms with E-state index in [9.17, 15) is 0 Å². The third-order valence-electron chi connectivity index (χ3n) is 0. The van der Waals surface area contributed by atoms with Crippen LogP contribution in [-0.4, -0.2) is 76.2 Å². The van der Waals surface area contributed by atoms with Crippen LogP contribution in [0, 0.1) is 0 Å². The first kappa shape index (κ1) is 76.8. The molecule has 0 amide bonds. The van der Waals surface area contributed by atoms with Gasteiger partial charge in [0.1, 0.15) is 0 Å². The van der Waals surface area contributed by atoms with E-state index in [2.05, 4.69) is 0 Å². The molecule has 10 heavy (non-hydrogen) atoms. The summed E-state index contributed by atoms with van der Waals surface area (Å²) in [6, 6.07) is 0. The molecule has 0 aliphatic rings. The molecule has 0 atom stereocenters. The molecule has 0 saturated heterocycles. The van der Waals surface area contributed by atoms with Gasteiger partial charge >= 0.3 is 37.7 Å². The van der Waals surface area contributed by atoms with E-state index in [4.69, 9.17) is 9.90 Å². The fourth-order valence-electron chi connectivity index (χ4n) is 0. The van der Waals surface area contributed by atoms with Crippen LogP contribution in [-0.2, 0) is 4.79 Å². The number of carboxylic acid groups (broad SMARTS) is 1. The number of rotatable bonds is 0. The summed E-state index contributed by atoms with van der Waals surface area (Å²) in [5.41, 5.74) is 0. The van der Waals surface area contributed by atoms with Crippen molar-refractivity contribution in [3.05, 3.63) is 0 Å². The van der Waals surface area contributed by atoms with Crippen molar-refractivity contribution >= 4 is 43.7 Å². The van der Waals surface area contributed by atoms with E-state index >= 15 is 0 Å². The van der Waals surface area contributed by atoms with Gasteiger partial charge in [0.15, 0.2) is 0 Å². The van der Waals surface area contributed by atoms with Crippen molar-refractivity contribution in [3.8, 4) is 0 Å². The van der Waals surface area contributed by atoms with E-state index in [-0.39, 0.29) is 68.0 Å². The summed E-state index contributed by atoms with van der Waals surface area (Å²) in [4.78, 5) is 9.00. The molecule has 0 aromatic heterocycles. The van der Waals surface area contributed by atoms with Crippen molar-refractivity contribution in [1.29, 1.82) is 0 Å². The van der Waals surface area contributed by atoms with Gasteiger partial charge in [-0.05, 0) is 0 Å². The first-order chi connectivity index (χ1) is 1.73. The smallest absolute Gasteiger partial charge is 1.00 e.